The van der Waals surface area contributed by atoms with Crippen molar-refractivity contribution < 1.29 is 9.18 Å². The summed E-state index contributed by atoms with van der Waals surface area (Å²) < 4.78 is 12.7. The summed E-state index contributed by atoms with van der Waals surface area (Å²) in [7, 11) is 1.65. The molecule has 0 fully saturated rings. The largest absolute Gasteiger partial charge is 0.356 e. The summed E-state index contributed by atoms with van der Waals surface area (Å²) in [5, 5.41) is 8.65. The first kappa shape index (κ1) is 20.0. The number of benzene rings is 1. The molecule has 0 aliphatic carbocycles. The number of rotatable bonds is 6. The molecule has 5 nitrogen and oxygen atoms in total. The number of halogens is 2. The summed E-state index contributed by atoms with van der Waals surface area (Å²) in [6.07, 6.45) is 2.02. The van der Waals surface area contributed by atoms with E-state index in [0.29, 0.717) is 11.6 Å². The summed E-state index contributed by atoms with van der Waals surface area (Å²) in [5.41, 5.74) is 0.559. The molecule has 0 heterocycles. The third kappa shape index (κ3) is 8.76. The van der Waals surface area contributed by atoms with Gasteiger partial charge in [-0.3, -0.25) is 9.79 Å². The molecule has 21 heavy (non-hydrogen) atoms. The van der Waals surface area contributed by atoms with Crippen molar-refractivity contribution in [1.29, 1.82) is 0 Å². The van der Waals surface area contributed by atoms with Gasteiger partial charge in [0.15, 0.2) is 5.96 Å². The molecule has 8 heteroatoms. The van der Waals surface area contributed by atoms with E-state index < -0.39 is 0 Å². The molecule has 0 unspecified atom stereocenters. The molecule has 1 amide bonds. The number of aliphatic imine (C=N–C) groups is 1. The van der Waals surface area contributed by atoms with Crippen LogP contribution in [0.2, 0.25) is 0 Å². The van der Waals surface area contributed by atoms with Crippen LogP contribution in [0.15, 0.2) is 29.3 Å². The van der Waals surface area contributed by atoms with Gasteiger partial charge in [0.1, 0.15) is 5.82 Å². The lowest BCUT2D eigenvalue weighted by Crippen LogP contribution is -2.42. The Balaban J connectivity index is 0.00000400. The molecular formula is C13H20FIN4OS. The van der Waals surface area contributed by atoms with E-state index in [1.54, 1.807) is 18.8 Å². The molecule has 0 radical (unpaired) electrons. The number of thioether (sulfide) groups is 1. The molecule has 0 aromatic heterocycles. The molecule has 118 valence electrons. The molecule has 0 aliphatic heterocycles. The Kier molecular flexibility index (Phi) is 11.0. The highest BCUT2D eigenvalue weighted by molar-refractivity contribution is 14.0. The Labute approximate surface area is 145 Å². The standard InChI is InChI=1S/C13H19FN4OS.HI/c1-15-13(16-7-8-20-2)17-9-12(19)18-11-5-3-10(14)4-6-11;/h3-6H,7-9H2,1-2H3,(H,18,19)(H2,15,16,17);1H. The van der Waals surface area contributed by atoms with Crippen molar-refractivity contribution in [2.45, 2.75) is 0 Å². The van der Waals surface area contributed by atoms with Gasteiger partial charge in [-0.1, -0.05) is 0 Å². The fourth-order valence-corrected chi connectivity index (χ4v) is 1.70. The normalized spacial score (nSPS) is 10.5. The molecule has 1 aromatic carbocycles. The third-order valence-corrected chi connectivity index (χ3v) is 2.98. The maximum atomic E-state index is 12.7. The van der Waals surface area contributed by atoms with Crippen LogP contribution in [-0.2, 0) is 4.79 Å². The maximum absolute atomic E-state index is 12.7. The van der Waals surface area contributed by atoms with Gasteiger partial charge in [0, 0.05) is 25.0 Å². The van der Waals surface area contributed by atoms with Crippen molar-refractivity contribution >= 4 is 53.3 Å². The van der Waals surface area contributed by atoms with Gasteiger partial charge < -0.3 is 16.0 Å². The van der Waals surface area contributed by atoms with Crippen LogP contribution < -0.4 is 16.0 Å². The first-order chi connectivity index (χ1) is 9.65. The second kappa shape index (κ2) is 11.6. The van der Waals surface area contributed by atoms with Crippen LogP contribution in [0.3, 0.4) is 0 Å². The molecule has 0 atom stereocenters. The van der Waals surface area contributed by atoms with Crippen LogP contribution in [0.5, 0.6) is 0 Å². The van der Waals surface area contributed by atoms with Gasteiger partial charge in [0.2, 0.25) is 5.91 Å². The summed E-state index contributed by atoms with van der Waals surface area (Å²) in [6.45, 7) is 0.872. The van der Waals surface area contributed by atoms with Gasteiger partial charge in [-0.05, 0) is 30.5 Å². The van der Waals surface area contributed by atoms with Crippen molar-refractivity contribution in [3.63, 3.8) is 0 Å². The second-order valence-electron chi connectivity index (χ2n) is 3.90. The number of nitrogens with one attached hydrogen (secondary N) is 3. The van der Waals surface area contributed by atoms with Crippen molar-refractivity contribution in [2.75, 3.05) is 37.5 Å². The van der Waals surface area contributed by atoms with Crippen LogP contribution in [0.4, 0.5) is 10.1 Å². The van der Waals surface area contributed by atoms with Crippen LogP contribution in [0.25, 0.3) is 0 Å². The SMILES string of the molecule is CN=C(NCCSC)NCC(=O)Nc1ccc(F)cc1.I. The molecule has 0 saturated carbocycles. The second-order valence-corrected chi connectivity index (χ2v) is 4.89. The number of hydrogen-bond acceptors (Lipinski definition) is 3. The minimum Gasteiger partial charge on any atom is -0.356 e. The monoisotopic (exact) mass is 426 g/mol. The van der Waals surface area contributed by atoms with Gasteiger partial charge in [-0.2, -0.15) is 11.8 Å². The molecular weight excluding hydrogens is 406 g/mol. The zero-order chi connectivity index (χ0) is 14.8. The Morgan fingerprint density at radius 3 is 2.52 bits per heavy atom. The first-order valence-electron chi connectivity index (χ1n) is 6.14. The average molecular weight is 426 g/mol. The Bertz CT molecular complexity index is 456. The Morgan fingerprint density at radius 2 is 1.95 bits per heavy atom. The summed E-state index contributed by atoms with van der Waals surface area (Å²) in [4.78, 5) is 15.7. The number of carbonyl (C=O) groups excluding carboxylic acids is 1. The van der Waals surface area contributed by atoms with E-state index >= 15 is 0 Å². The predicted molar refractivity (Wildman–Crippen MR) is 98.2 cm³/mol. The Hall–Kier alpha value is -1.03. The smallest absolute Gasteiger partial charge is 0.243 e. The third-order valence-electron chi connectivity index (χ3n) is 2.37. The van der Waals surface area contributed by atoms with Crippen LogP contribution in [0.1, 0.15) is 0 Å². The minimum absolute atomic E-state index is 0. The number of anilines is 1. The van der Waals surface area contributed by atoms with Crippen LogP contribution >= 0.6 is 35.7 Å². The van der Waals surface area contributed by atoms with E-state index in [1.165, 1.54) is 24.3 Å². The predicted octanol–water partition coefficient (Wildman–Crippen LogP) is 1.91. The molecule has 0 spiro atoms. The molecule has 0 aliphatic rings. The Morgan fingerprint density at radius 1 is 1.29 bits per heavy atom. The lowest BCUT2D eigenvalue weighted by molar-refractivity contribution is -0.115. The highest BCUT2D eigenvalue weighted by Crippen LogP contribution is 2.07. The van der Waals surface area contributed by atoms with Gasteiger partial charge in [0.05, 0.1) is 6.54 Å². The average Bonchev–Trinajstić information content (AvgIpc) is 2.45. The number of nitrogens with zero attached hydrogens (tertiary/aromatic N) is 1. The minimum atomic E-state index is -0.334. The van der Waals surface area contributed by atoms with E-state index in [4.69, 9.17) is 0 Å². The first-order valence-corrected chi connectivity index (χ1v) is 7.54. The van der Waals surface area contributed by atoms with Crippen molar-refractivity contribution in [2.24, 2.45) is 4.99 Å². The number of hydrogen-bond donors (Lipinski definition) is 3. The highest BCUT2D eigenvalue weighted by Gasteiger charge is 2.04. The lowest BCUT2D eigenvalue weighted by atomic mass is 10.3. The van der Waals surface area contributed by atoms with Gasteiger partial charge in [-0.25, -0.2) is 4.39 Å². The summed E-state index contributed by atoms with van der Waals surface area (Å²) in [6, 6.07) is 5.62. The van der Waals surface area contributed by atoms with Crippen LogP contribution in [0, 0.1) is 5.82 Å². The van der Waals surface area contributed by atoms with E-state index in [1.807, 2.05) is 6.26 Å². The maximum Gasteiger partial charge on any atom is 0.243 e. The number of guanidine groups is 1. The van der Waals surface area contributed by atoms with Crippen molar-refractivity contribution in [1.82, 2.24) is 10.6 Å². The number of carbonyl (C=O) groups is 1. The van der Waals surface area contributed by atoms with E-state index in [9.17, 15) is 9.18 Å². The fraction of sp³-hybridized carbons (Fsp3) is 0.385. The van der Waals surface area contributed by atoms with Gasteiger partial charge in [0.25, 0.3) is 0 Å². The van der Waals surface area contributed by atoms with Gasteiger partial charge in [-0.15, -0.1) is 24.0 Å². The lowest BCUT2D eigenvalue weighted by Gasteiger charge is -2.11. The molecule has 0 bridgehead atoms. The van der Waals surface area contributed by atoms with Crippen molar-refractivity contribution in [3.8, 4) is 0 Å². The van der Waals surface area contributed by atoms with E-state index in [0.717, 1.165) is 12.3 Å². The molecule has 1 rings (SSSR count). The summed E-state index contributed by atoms with van der Waals surface area (Å²) >= 11 is 1.73. The molecule has 3 N–H and O–H groups in total. The topological polar surface area (TPSA) is 65.5 Å². The number of amides is 1. The zero-order valence-corrected chi connectivity index (χ0v) is 15.1. The molecule has 1 aromatic rings. The van der Waals surface area contributed by atoms with E-state index in [2.05, 4.69) is 20.9 Å². The quantitative estimate of drug-likeness (QED) is 0.282. The fourth-order valence-electron chi connectivity index (χ4n) is 1.39. The van der Waals surface area contributed by atoms with Gasteiger partial charge >= 0.3 is 0 Å². The molecule has 0 saturated heterocycles. The zero-order valence-electron chi connectivity index (χ0n) is 12.0. The van der Waals surface area contributed by atoms with Crippen LogP contribution in [-0.4, -0.2) is 44.0 Å². The van der Waals surface area contributed by atoms with E-state index in [-0.39, 0.29) is 42.2 Å². The summed E-state index contributed by atoms with van der Waals surface area (Å²) in [5.74, 6) is 0.986. The highest BCUT2D eigenvalue weighted by atomic mass is 127. The van der Waals surface area contributed by atoms with Crippen molar-refractivity contribution in [3.05, 3.63) is 30.1 Å².